The number of anilines is 2. The summed E-state index contributed by atoms with van der Waals surface area (Å²) < 4.78 is 0. The Bertz CT molecular complexity index is 898. The lowest BCUT2D eigenvalue weighted by molar-refractivity contribution is -0.383. The molecule has 0 aromatic heterocycles. The number of amides is 1. The summed E-state index contributed by atoms with van der Waals surface area (Å²) in [4.78, 5) is 22.9. The van der Waals surface area contributed by atoms with Crippen molar-refractivity contribution < 1.29 is 9.72 Å². The quantitative estimate of drug-likeness (QED) is 0.352. The van der Waals surface area contributed by atoms with Gasteiger partial charge in [-0.15, -0.1) is 0 Å². The first-order valence-electron chi connectivity index (χ1n) is 7.94. The minimum Gasteiger partial charge on any atom is -0.355 e. The highest BCUT2D eigenvalue weighted by molar-refractivity contribution is 6.07. The molecule has 0 saturated heterocycles. The first kappa shape index (κ1) is 18.7. The molecule has 0 spiro atoms. The van der Waals surface area contributed by atoms with Gasteiger partial charge in [0.2, 0.25) is 0 Å². The summed E-state index contributed by atoms with van der Waals surface area (Å²) in [6.07, 6.45) is 1.16. The molecular weight excluding hydrogens is 332 g/mol. The maximum Gasteiger partial charge on any atom is 0.292 e. The highest BCUT2D eigenvalue weighted by atomic mass is 16.6. The fourth-order valence-electron chi connectivity index (χ4n) is 2.36. The molecule has 0 bridgehead atoms. The molecule has 7 nitrogen and oxygen atoms in total. The molecule has 0 radical (unpaired) electrons. The monoisotopic (exact) mass is 350 g/mol. The number of carbonyl (C=O) groups is 1. The van der Waals surface area contributed by atoms with E-state index in [1.165, 1.54) is 18.2 Å². The van der Waals surface area contributed by atoms with Gasteiger partial charge in [-0.3, -0.25) is 14.9 Å². The van der Waals surface area contributed by atoms with Gasteiger partial charge < -0.3 is 10.6 Å². The van der Waals surface area contributed by atoms with Gasteiger partial charge in [0.25, 0.3) is 11.6 Å². The Kier molecular flexibility index (Phi) is 6.06. The van der Waals surface area contributed by atoms with Crippen LogP contribution in [0.15, 0.2) is 60.3 Å². The van der Waals surface area contributed by atoms with Crippen LogP contribution < -0.4 is 10.6 Å². The molecule has 0 atom stereocenters. The van der Waals surface area contributed by atoms with Crippen LogP contribution in [0.4, 0.5) is 17.1 Å². The number of hydrogen-bond donors (Lipinski definition) is 2. The summed E-state index contributed by atoms with van der Waals surface area (Å²) in [7, 11) is 0. The van der Waals surface area contributed by atoms with Gasteiger partial charge in [0, 0.05) is 18.0 Å². The van der Waals surface area contributed by atoms with Gasteiger partial charge in [-0.2, -0.15) is 5.26 Å². The number of nitrogens with zero attached hydrogens (tertiary/aromatic N) is 2. The molecule has 0 saturated carbocycles. The predicted octanol–water partition coefficient (Wildman–Crippen LogP) is 4.18. The Morgan fingerprint density at radius 1 is 1.15 bits per heavy atom. The summed E-state index contributed by atoms with van der Waals surface area (Å²) in [6, 6.07) is 15.1. The highest BCUT2D eigenvalue weighted by Gasteiger charge is 2.15. The van der Waals surface area contributed by atoms with Gasteiger partial charge >= 0.3 is 0 Å². The average molecular weight is 350 g/mol. The van der Waals surface area contributed by atoms with E-state index in [4.69, 9.17) is 0 Å². The second kappa shape index (κ2) is 8.44. The van der Waals surface area contributed by atoms with Crippen LogP contribution in [0.1, 0.15) is 25.3 Å². The molecular formula is C19H18N4O3. The van der Waals surface area contributed by atoms with Gasteiger partial charge in [-0.1, -0.05) is 44.2 Å². The van der Waals surface area contributed by atoms with E-state index in [9.17, 15) is 20.2 Å². The average Bonchev–Trinajstić information content (AvgIpc) is 2.62. The maximum absolute atomic E-state index is 12.4. The van der Waals surface area contributed by atoms with Crippen molar-refractivity contribution in [3.05, 3.63) is 76.0 Å². The maximum atomic E-state index is 12.4. The van der Waals surface area contributed by atoms with Gasteiger partial charge in [-0.05, 0) is 23.6 Å². The molecule has 2 N–H and O–H groups in total. The number of rotatable bonds is 6. The van der Waals surface area contributed by atoms with Crippen LogP contribution in [0.5, 0.6) is 0 Å². The number of para-hydroxylation sites is 3. The Balaban J connectivity index is 2.21. The first-order valence-corrected chi connectivity index (χ1v) is 7.94. The Labute approximate surface area is 151 Å². The molecule has 0 heterocycles. The third-order valence-corrected chi connectivity index (χ3v) is 3.67. The molecule has 7 heteroatoms. The van der Waals surface area contributed by atoms with Crippen molar-refractivity contribution in [2.45, 2.75) is 19.8 Å². The number of nitrogens with one attached hydrogen (secondary N) is 2. The number of benzene rings is 2. The lowest BCUT2D eigenvalue weighted by Crippen LogP contribution is -2.16. The second-order valence-corrected chi connectivity index (χ2v) is 5.78. The van der Waals surface area contributed by atoms with E-state index in [2.05, 4.69) is 10.6 Å². The zero-order chi connectivity index (χ0) is 19.1. The van der Waals surface area contributed by atoms with Crippen molar-refractivity contribution in [3.63, 3.8) is 0 Å². The molecule has 132 valence electrons. The van der Waals surface area contributed by atoms with Crippen molar-refractivity contribution in [2.24, 2.45) is 0 Å². The van der Waals surface area contributed by atoms with Crippen LogP contribution >= 0.6 is 0 Å². The third kappa shape index (κ3) is 4.45. The summed E-state index contributed by atoms with van der Waals surface area (Å²) in [5, 5.41) is 25.6. The number of carbonyl (C=O) groups excluding carboxylic acids is 1. The molecule has 2 aromatic rings. The van der Waals surface area contributed by atoms with Crippen molar-refractivity contribution in [1.82, 2.24) is 0 Å². The van der Waals surface area contributed by atoms with Crippen LogP contribution in [-0.4, -0.2) is 10.8 Å². The first-order chi connectivity index (χ1) is 12.4. The molecule has 0 aliphatic carbocycles. The lowest BCUT2D eigenvalue weighted by atomic mass is 10.0. The van der Waals surface area contributed by atoms with Crippen LogP contribution in [-0.2, 0) is 4.79 Å². The summed E-state index contributed by atoms with van der Waals surface area (Å²) in [5.74, 6) is -0.391. The predicted molar refractivity (Wildman–Crippen MR) is 99.6 cm³/mol. The SMILES string of the molecule is CC(C)c1ccccc1NC(=O)/C(C#N)=C\Nc1ccccc1[N+](=O)[O-]. The number of nitro groups is 1. The standard InChI is InChI=1S/C19H18N4O3/c1-13(2)15-7-3-4-8-16(15)22-19(24)14(11-20)12-21-17-9-5-6-10-18(17)23(25)26/h3-10,12-13,21H,1-2H3,(H,22,24)/b14-12-. The Hall–Kier alpha value is -3.66. The van der Waals surface area contributed by atoms with E-state index < -0.39 is 10.8 Å². The van der Waals surface area contributed by atoms with Crippen LogP contribution in [0.2, 0.25) is 0 Å². The minimum absolute atomic E-state index is 0.147. The largest absolute Gasteiger partial charge is 0.355 e. The van der Waals surface area contributed by atoms with Crippen molar-refractivity contribution in [3.8, 4) is 6.07 Å². The fraction of sp³-hybridized carbons (Fsp3) is 0.158. The van der Waals surface area contributed by atoms with Gasteiger partial charge in [0.15, 0.2) is 0 Å². The van der Waals surface area contributed by atoms with Crippen molar-refractivity contribution in [2.75, 3.05) is 10.6 Å². The van der Waals surface area contributed by atoms with Gasteiger partial charge in [0.1, 0.15) is 17.3 Å². The van der Waals surface area contributed by atoms with E-state index in [-0.39, 0.29) is 22.9 Å². The smallest absolute Gasteiger partial charge is 0.292 e. The minimum atomic E-state index is -0.591. The molecule has 2 rings (SSSR count). The summed E-state index contributed by atoms with van der Waals surface area (Å²) in [6.45, 7) is 4.00. The second-order valence-electron chi connectivity index (χ2n) is 5.78. The fourth-order valence-corrected chi connectivity index (χ4v) is 2.36. The Morgan fingerprint density at radius 2 is 1.77 bits per heavy atom. The Morgan fingerprint density at radius 3 is 2.38 bits per heavy atom. The molecule has 0 aliphatic rings. The van der Waals surface area contributed by atoms with Crippen molar-refractivity contribution >= 4 is 23.0 Å². The topological polar surface area (TPSA) is 108 Å². The van der Waals surface area contributed by atoms with Crippen LogP contribution in [0.25, 0.3) is 0 Å². The molecule has 2 aromatic carbocycles. The number of nitro benzene ring substituents is 1. The molecule has 1 amide bonds. The van der Waals surface area contributed by atoms with Gasteiger partial charge in [0.05, 0.1) is 4.92 Å². The van der Waals surface area contributed by atoms with E-state index in [0.717, 1.165) is 11.8 Å². The van der Waals surface area contributed by atoms with E-state index in [0.29, 0.717) is 5.69 Å². The van der Waals surface area contributed by atoms with E-state index in [1.807, 2.05) is 26.0 Å². The highest BCUT2D eigenvalue weighted by Crippen LogP contribution is 2.25. The van der Waals surface area contributed by atoms with Crippen LogP contribution in [0.3, 0.4) is 0 Å². The van der Waals surface area contributed by atoms with E-state index in [1.54, 1.807) is 24.3 Å². The van der Waals surface area contributed by atoms with Gasteiger partial charge in [-0.25, -0.2) is 0 Å². The zero-order valence-electron chi connectivity index (χ0n) is 14.4. The normalized spacial score (nSPS) is 10.9. The van der Waals surface area contributed by atoms with Crippen LogP contribution in [0, 0.1) is 21.4 Å². The van der Waals surface area contributed by atoms with Crippen molar-refractivity contribution in [1.29, 1.82) is 5.26 Å². The molecule has 0 unspecified atom stereocenters. The number of hydrogen-bond acceptors (Lipinski definition) is 5. The number of nitriles is 1. The lowest BCUT2D eigenvalue weighted by Gasteiger charge is -2.13. The molecule has 0 aliphatic heterocycles. The third-order valence-electron chi connectivity index (χ3n) is 3.67. The molecule has 26 heavy (non-hydrogen) atoms. The summed E-state index contributed by atoms with van der Waals surface area (Å²) >= 11 is 0. The zero-order valence-corrected chi connectivity index (χ0v) is 14.4. The molecule has 0 fully saturated rings. The summed E-state index contributed by atoms with van der Waals surface area (Å²) in [5.41, 5.74) is 1.43. The van der Waals surface area contributed by atoms with E-state index >= 15 is 0 Å².